The van der Waals surface area contributed by atoms with E-state index in [1.165, 1.54) is 0 Å². The number of H-pyrrole nitrogens is 1. The molecule has 2 aromatic rings. The maximum absolute atomic E-state index is 11.5. The predicted octanol–water partition coefficient (Wildman–Crippen LogP) is 1.94. The molecule has 0 saturated heterocycles. The van der Waals surface area contributed by atoms with Gasteiger partial charge in [-0.15, -0.1) is 0 Å². The van der Waals surface area contributed by atoms with Gasteiger partial charge < -0.3 is 10.1 Å². The molecule has 0 spiro atoms. The van der Waals surface area contributed by atoms with Crippen LogP contribution in [0.25, 0.3) is 16.5 Å². The van der Waals surface area contributed by atoms with Crippen LogP contribution in [0.15, 0.2) is 24.3 Å². The summed E-state index contributed by atoms with van der Waals surface area (Å²) in [4.78, 5) is 5.22. The Bertz CT molecular complexity index is 997. The first kappa shape index (κ1) is 17.1. The van der Waals surface area contributed by atoms with E-state index in [1.807, 2.05) is 36.2 Å². The van der Waals surface area contributed by atoms with Crippen LogP contribution in [-0.4, -0.2) is 60.0 Å². The first-order valence-electron chi connectivity index (χ1n) is 8.01. The smallest absolute Gasteiger partial charge is 0.265 e. The Morgan fingerprint density at radius 1 is 1.44 bits per heavy atom. The zero-order chi connectivity index (χ0) is 18.0. The fraction of sp³-hybridized carbons (Fsp3) is 0.412. The van der Waals surface area contributed by atoms with Crippen LogP contribution in [0.2, 0.25) is 5.15 Å². The largest absolute Gasteiger partial charge is 0.395 e. The van der Waals surface area contributed by atoms with Gasteiger partial charge in [-0.2, -0.15) is 8.42 Å². The molecule has 3 N–H and O–H groups in total. The molecule has 0 radical (unpaired) electrons. The van der Waals surface area contributed by atoms with Crippen LogP contribution in [0.1, 0.15) is 11.1 Å². The van der Waals surface area contributed by atoms with Gasteiger partial charge in [0.2, 0.25) is 0 Å². The van der Waals surface area contributed by atoms with Gasteiger partial charge in [0.25, 0.3) is 10.1 Å². The van der Waals surface area contributed by atoms with Gasteiger partial charge in [0.1, 0.15) is 5.15 Å². The zero-order valence-electron chi connectivity index (χ0n) is 13.7. The van der Waals surface area contributed by atoms with E-state index in [1.54, 1.807) is 0 Å². The highest BCUT2D eigenvalue weighted by atomic mass is 35.5. The van der Waals surface area contributed by atoms with Crippen molar-refractivity contribution in [1.82, 2.24) is 9.88 Å². The lowest BCUT2D eigenvalue weighted by Gasteiger charge is -2.44. The minimum atomic E-state index is -4.22. The Kier molecular flexibility index (Phi) is 3.79. The highest BCUT2D eigenvalue weighted by Gasteiger charge is 2.43. The minimum Gasteiger partial charge on any atom is -0.395 e. The van der Waals surface area contributed by atoms with Gasteiger partial charge in [-0.05, 0) is 36.2 Å². The van der Waals surface area contributed by atoms with Crippen molar-refractivity contribution >= 4 is 38.2 Å². The molecule has 134 valence electrons. The number of aliphatic hydroxyl groups is 1. The number of likely N-dealkylation sites (N-methyl/N-ethyl adjacent to an activating group) is 1. The van der Waals surface area contributed by atoms with Crippen molar-refractivity contribution in [2.75, 3.05) is 26.0 Å². The van der Waals surface area contributed by atoms with E-state index in [2.05, 4.69) is 4.98 Å². The van der Waals surface area contributed by atoms with Crippen molar-refractivity contribution < 1.29 is 18.1 Å². The van der Waals surface area contributed by atoms with E-state index >= 15 is 0 Å². The summed E-state index contributed by atoms with van der Waals surface area (Å²) in [6.07, 6.45) is 2.55. The lowest BCUT2D eigenvalue weighted by Crippen LogP contribution is -2.51. The fourth-order valence-electron chi connectivity index (χ4n) is 4.34. The average Bonchev–Trinajstić information content (AvgIpc) is 2.84. The molecule has 0 unspecified atom stereocenters. The van der Waals surface area contributed by atoms with Crippen molar-refractivity contribution in [3.05, 3.63) is 40.6 Å². The van der Waals surface area contributed by atoms with Crippen molar-refractivity contribution in [3.8, 4) is 0 Å². The van der Waals surface area contributed by atoms with Crippen LogP contribution in [0.3, 0.4) is 0 Å². The summed E-state index contributed by atoms with van der Waals surface area (Å²) in [6.45, 7) is -0.0190. The molecule has 1 aromatic heterocycles. The summed E-state index contributed by atoms with van der Waals surface area (Å²) in [5, 5.41) is 11.6. The normalized spacial score (nSPS) is 26.6. The minimum absolute atomic E-state index is 0.0486. The van der Waals surface area contributed by atoms with Crippen LogP contribution in [-0.2, 0) is 16.5 Å². The summed E-state index contributed by atoms with van der Waals surface area (Å²) >= 11 is 6.38. The van der Waals surface area contributed by atoms with E-state index in [0.29, 0.717) is 18.1 Å². The molecule has 1 aliphatic carbocycles. The third kappa shape index (κ3) is 2.71. The SMILES string of the molecule is CN1C[C@@](CO)(CS(=O)(=O)O)C=C2c3cccc4[nH]c(Cl)c(c34)C[C@H]21. The van der Waals surface area contributed by atoms with Crippen molar-refractivity contribution in [2.45, 2.75) is 12.5 Å². The van der Waals surface area contributed by atoms with Gasteiger partial charge in [0.05, 0.1) is 12.4 Å². The van der Waals surface area contributed by atoms with Gasteiger partial charge in [0.15, 0.2) is 0 Å². The van der Waals surface area contributed by atoms with Crippen LogP contribution in [0.5, 0.6) is 0 Å². The summed E-state index contributed by atoms with van der Waals surface area (Å²) in [5.74, 6) is -0.506. The average molecular weight is 383 g/mol. The van der Waals surface area contributed by atoms with E-state index in [4.69, 9.17) is 11.6 Å². The molecule has 25 heavy (non-hydrogen) atoms. The molecule has 2 atom stereocenters. The second kappa shape index (κ2) is 5.56. The third-order valence-corrected chi connectivity index (χ3v) is 6.55. The van der Waals surface area contributed by atoms with Gasteiger partial charge in [-0.3, -0.25) is 9.45 Å². The third-order valence-electron chi connectivity index (χ3n) is 5.29. The number of nitrogens with one attached hydrogen (secondary N) is 1. The van der Waals surface area contributed by atoms with Crippen LogP contribution >= 0.6 is 11.6 Å². The lowest BCUT2D eigenvalue weighted by molar-refractivity contribution is 0.117. The maximum atomic E-state index is 11.5. The topological polar surface area (TPSA) is 93.6 Å². The maximum Gasteiger partial charge on any atom is 0.265 e. The summed E-state index contributed by atoms with van der Waals surface area (Å²) in [6, 6.07) is 5.92. The Morgan fingerprint density at radius 3 is 2.88 bits per heavy atom. The molecule has 1 aliphatic heterocycles. The molecular formula is C17H19ClN2O4S. The van der Waals surface area contributed by atoms with Gasteiger partial charge in [-0.25, -0.2) is 0 Å². The van der Waals surface area contributed by atoms with Crippen molar-refractivity contribution in [1.29, 1.82) is 0 Å². The molecule has 0 fully saturated rings. The van der Waals surface area contributed by atoms with Crippen LogP contribution in [0, 0.1) is 5.41 Å². The Hall–Kier alpha value is -1.38. The molecular weight excluding hydrogens is 364 g/mol. The number of hydrogen-bond acceptors (Lipinski definition) is 4. The molecule has 0 bridgehead atoms. The van der Waals surface area contributed by atoms with Crippen LogP contribution < -0.4 is 0 Å². The monoisotopic (exact) mass is 382 g/mol. The highest BCUT2D eigenvalue weighted by Crippen LogP contribution is 2.45. The number of aromatic amines is 1. The first-order chi connectivity index (χ1) is 11.7. The predicted molar refractivity (Wildman–Crippen MR) is 97.3 cm³/mol. The number of fused-ring (bicyclic) bond motifs is 2. The molecule has 4 rings (SSSR count). The Labute approximate surface area is 150 Å². The highest BCUT2D eigenvalue weighted by molar-refractivity contribution is 7.85. The first-order valence-corrected chi connectivity index (χ1v) is 10.0. The van der Waals surface area contributed by atoms with E-state index < -0.39 is 21.3 Å². The summed E-state index contributed by atoms with van der Waals surface area (Å²) in [5.41, 5.74) is 2.93. The molecule has 2 heterocycles. The Balaban J connectivity index is 1.95. The lowest BCUT2D eigenvalue weighted by atomic mass is 9.75. The van der Waals surface area contributed by atoms with E-state index in [-0.39, 0.29) is 12.6 Å². The van der Waals surface area contributed by atoms with E-state index in [9.17, 15) is 18.1 Å². The molecule has 1 aromatic carbocycles. The van der Waals surface area contributed by atoms with Gasteiger partial charge in [0, 0.05) is 28.9 Å². The number of aliphatic hydroxyl groups excluding tert-OH is 1. The molecule has 8 heteroatoms. The van der Waals surface area contributed by atoms with Crippen molar-refractivity contribution in [2.24, 2.45) is 5.41 Å². The zero-order valence-corrected chi connectivity index (χ0v) is 15.2. The van der Waals surface area contributed by atoms with Gasteiger partial charge >= 0.3 is 0 Å². The van der Waals surface area contributed by atoms with E-state index in [0.717, 1.165) is 27.6 Å². The second-order valence-electron chi connectivity index (χ2n) is 7.13. The molecule has 6 nitrogen and oxygen atoms in total. The number of benzene rings is 1. The summed E-state index contributed by atoms with van der Waals surface area (Å²) < 4.78 is 32.3. The fourth-order valence-corrected chi connectivity index (χ4v) is 5.61. The van der Waals surface area contributed by atoms with Crippen molar-refractivity contribution in [3.63, 3.8) is 0 Å². The molecule has 2 aliphatic rings. The van der Waals surface area contributed by atoms with Gasteiger partial charge in [-0.1, -0.05) is 29.8 Å². The number of aromatic nitrogens is 1. The second-order valence-corrected chi connectivity index (χ2v) is 8.96. The number of halogens is 1. The quantitative estimate of drug-likeness (QED) is 0.705. The summed E-state index contributed by atoms with van der Waals surface area (Å²) in [7, 11) is -2.32. The van der Waals surface area contributed by atoms with Crippen LogP contribution in [0.4, 0.5) is 0 Å². The standard InChI is InChI=1S/C17H19ClN2O4S/c1-20-7-17(8-21,9-25(22,23)24)6-12-10-3-2-4-13-15(10)11(5-14(12)20)16(18)19-13/h2-4,6,14,19,21H,5,7-9H2,1H3,(H,22,23,24)/t14-,17+/m1/s1. The number of rotatable bonds is 3. The Morgan fingerprint density at radius 2 is 2.20 bits per heavy atom. The number of hydrogen-bond donors (Lipinski definition) is 3. The number of nitrogens with zero attached hydrogens (tertiary/aromatic N) is 1. The molecule has 0 amide bonds. The molecule has 0 saturated carbocycles.